The fraction of sp³-hybridized carbons (Fsp3) is 0.389. The molecule has 3 rings (SSSR count). The number of aromatic nitrogens is 2. The quantitative estimate of drug-likeness (QED) is 0.625. The third-order valence-corrected chi connectivity index (χ3v) is 4.40. The van der Waals surface area contributed by atoms with E-state index in [9.17, 15) is 4.79 Å². The van der Waals surface area contributed by atoms with Gasteiger partial charge in [-0.05, 0) is 32.0 Å². The monoisotopic (exact) mass is 390 g/mol. The molecule has 4 N–H and O–H groups in total. The molecule has 2 amide bonds. The Morgan fingerprint density at radius 2 is 2.15 bits per heavy atom. The van der Waals surface area contributed by atoms with Gasteiger partial charge in [0.15, 0.2) is 5.82 Å². The smallest absolute Gasteiger partial charge is 0.325 e. The second-order valence-corrected chi connectivity index (χ2v) is 6.79. The fourth-order valence-electron chi connectivity index (χ4n) is 2.72. The van der Waals surface area contributed by atoms with Gasteiger partial charge in [-0.1, -0.05) is 11.6 Å². The van der Waals surface area contributed by atoms with Crippen molar-refractivity contribution < 1.29 is 9.53 Å². The van der Waals surface area contributed by atoms with E-state index < -0.39 is 6.03 Å². The van der Waals surface area contributed by atoms with E-state index in [-0.39, 0.29) is 12.1 Å². The Kier molecular flexibility index (Phi) is 6.44. The number of benzene rings is 1. The third-order valence-electron chi connectivity index (χ3n) is 4.16. The van der Waals surface area contributed by atoms with Crippen LogP contribution in [-0.4, -0.2) is 47.8 Å². The SMILES string of the molecule is Cc1cnc(NC(=O)Nc2cc(Cl)ccc2OC(C)C2CNCCN2)cn1. The number of anilines is 2. The van der Waals surface area contributed by atoms with Crippen molar-refractivity contribution >= 4 is 29.1 Å². The lowest BCUT2D eigenvalue weighted by Gasteiger charge is -2.30. The van der Waals surface area contributed by atoms with Gasteiger partial charge in [0, 0.05) is 24.7 Å². The highest BCUT2D eigenvalue weighted by molar-refractivity contribution is 6.31. The molecule has 27 heavy (non-hydrogen) atoms. The molecule has 0 aliphatic carbocycles. The van der Waals surface area contributed by atoms with Crippen molar-refractivity contribution in [3.63, 3.8) is 0 Å². The topological polar surface area (TPSA) is 100 Å². The lowest BCUT2D eigenvalue weighted by molar-refractivity contribution is 0.160. The number of hydrogen-bond acceptors (Lipinski definition) is 6. The molecule has 1 aliphatic heterocycles. The molecular formula is C18H23ClN6O2. The first-order valence-corrected chi connectivity index (χ1v) is 9.16. The molecular weight excluding hydrogens is 368 g/mol. The highest BCUT2D eigenvalue weighted by Gasteiger charge is 2.22. The molecule has 1 aliphatic rings. The van der Waals surface area contributed by atoms with Gasteiger partial charge in [0.1, 0.15) is 11.9 Å². The summed E-state index contributed by atoms with van der Waals surface area (Å²) in [5.74, 6) is 0.901. The molecule has 0 bridgehead atoms. The predicted octanol–water partition coefficient (Wildman–Crippen LogP) is 2.41. The summed E-state index contributed by atoms with van der Waals surface area (Å²) in [6.07, 6.45) is 2.98. The van der Waals surface area contributed by atoms with E-state index in [1.807, 2.05) is 13.8 Å². The number of piperazine rings is 1. The minimum atomic E-state index is -0.453. The van der Waals surface area contributed by atoms with Gasteiger partial charge in [-0.3, -0.25) is 10.3 Å². The van der Waals surface area contributed by atoms with Gasteiger partial charge in [0.05, 0.1) is 29.8 Å². The van der Waals surface area contributed by atoms with Gasteiger partial charge in [-0.2, -0.15) is 0 Å². The Hall–Kier alpha value is -2.42. The van der Waals surface area contributed by atoms with E-state index in [1.165, 1.54) is 6.20 Å². The van der Waals surface area contributed by atoms with E-state index in [0.29, 0.717) is 22.3 Å². The van der Waals surface area contributed by atoms with Crippen LogP contribution in [0.3, 0.4) is 0 Å². The van der Waals surface area contributed by atoms with E-state index in [1.54, 1.807) is 24.4 Å². The number of ether oxygens (including phenoxy) is 1. The van der Waals surface area contributed by atoms with E-state index in [0.717, 1.165) is 25.3 Å². The van der Waals surface area contributed by atoms with Crippen molar-refractivity contribution in [1.82, 2.24) is 20.6 Å². The Bertz CT molecular complexity index is 780. The molecule has 2 atom stereocenters. The van der Waals surface area contributed by atoms with Crippen LogP contribution in [0, 0.1) is 6.92 Å². The summed E-state index contributed by atoms with van der Waals surface area (Å²) >= 11 is 6.09. The fourth-order valence-corrected chi connectivity index (χ4v) is 2.89. The number of nitrogens with one attached hydrogen (secondary N) is 4. The molecule has 0 spiro atoms. The number of nitrogens with zero attached hydrogens (tertiary/aromatic N) is 2. The highest BCUT2D eigenvalue weighted by atomic mass is 35.5. The molecule has 144 valence electrons. The lowest BCUT2D eigenvalue weighted by Crippen LogP contribution is -2.54. The van der Waals surface area contributed by atoms with Crippen molar-refractivity contribution in [3.05, 3.63) is 41.3 Å². The zero-order chi connectivity index (χ0) is 19.2. The van der Waals surface area contributed by atoms with Crippen LogP contribution >= 0.6 is 11.6 Å². The van der Waals surface area contributed by atoms with Crippen molar-refractivity contribution in [2.75, 3.05) is 30.3 Å². The Morgan fingerprint density at radius 3 is 2.85 bits per heavy atom. The minimum Gasteiger partial charge on any atom is -0.487 e. The molecule has 0 radical (unpaired) electrons. The molecule has 0 saturated carbocycles. The van der Waals surface area contributed by atoms with Crippen LogP contribution in [0.4, 0.5) is 16.3 Å². The predicted molar refractivity (Wildman–Crippen MR) is 106 cm³/mol. The van der Waals surface area contributed by atoms with Crippen LogP contribution in [-0.2, 0) is 0 Å². The summed E-state index contributed by atoms with van der Waals surface area (Å²) in [4.78, 5) is 20.5. The van der Waals surface area contributed by atoms with Crippen molar-refractivity contribution in [2.24, 2.45) is 0 Å². The molecule has 1 aromatic heterocycles. The standard InChI is InChI=1S/C18H23ClN6O2/c1-11-8-23-17(10-22-11)25-18(26)24-14-7-13(19)3-4-16(14)27-12(2)15-9-20-5-6-21-15/h3-4,7-8,10,12,15,20-21H,5-6,9H2,1-2H3,(H2,23,24,25,26). The molecule has 8 nitrogen and oxygen atoms in total. The molecule has 1 fully saturated rings. The molecule has 2 unspecified atom stereocenters. The first kappa shape index (κ1) is 19.3. The zero-order valence-corrected chi connectivity index (χ0v) is 16.0. The average molecular weight is 391 g/mol. The Morgan fingerprint density at radius 1 is 1.30 bits per heavy atom. The third kappa shape index (κ3) is 5.53. The largest absolute Gasteiger partial charge is 0.487 e. The number of halogens is 1. The maximum atomic E-state index is 12.3. The number of amides is 2. The zero-order valence-electron chi connectivity index (χ0n) is 15.3. The number of carbonyl (C=O) groups is 1. The van der Waals surface area contributed by atoms with Gasteiger partial charge in [0.25, 0.3) is 0 Å². The van der Waals surface area contributed by atoms with Gasteiger partial charge in [0.2, 0.25) is 0 Å². The summed E-state index contributed by atoms with van der Waals surface area (Å²) in [6, 6.07) is 4.85. The first-order chi connectivity index (χ1) is 13.0. The summed E-state index contributed by atoms with van der Waals surface area (Å²) in [7, 11) is 0. The molecule has 1 saturated heterocycles. The van der Waals surface area contributed by atoms with Crippen LogP contribution in [0.2, 0.25) is 5.02 Å². The summed E-state index contributed by atoms with van der Waals surface area (Å²) in [6.45, 7) is 6.47. The van der Waals surface area contributed by atoms with Gasteiger partial charge < -0.3 is 20.7 Å². The number of hydrogen-bond donors (Lipinski definition) is 4. The van der Waals surface area contributed by atoms with Crippen LogP contribution in [0.15, 0.2) is 30.6 Å². The maximum Gasteiger partial charge on any atom is 0.325 e. The van der Waals surface area contributed by atoms with E-state index >= 15 is 0 Å². The molecule has 1 aromatic carbocycles. The van der Waals surface area contributed by atoms with Gasteiger partial charge in [-0.25, -0.2) is 9.78 Å². The van der Waals surface area contributed by atoms with Crippen molar-refractivity contribution in [3.8, 4) is 5.75 Å². The van der Waals surface area contributed by atoms with Crippen LogP contribution < -0.4 is 26.0 Å². The Balaban J connectivity index is 1.67. The summed E-state index contributed by atoms with van der Waals surface area (Å²) in [5.41, 5.74) is 1.25. The lowest BCUT2D eigenvalue weighted by atomic mass is 10.1. The first-order valence-electron chi connectivity index (χ1n) is 8.78. The number of aryl methyl sites for hydroxylation is 1. The van der Waals surface area contributed by atoms with E-state index in [2.05, 4.69) is 31.2 Å². The molecule has 2 aromatic rings. The second-order valence-electron chi connectivity index (χ2n) is 6.35. The van der Waals surface area contributed by atoms with Crippen molar-refractivity contribution in [2.45, 2.75) is 26.0 Å². The Labute approximate surface area is 163 Å². The number of urea groups is 1. The average Bonchev–Trinajstić information content (AvgIpc) is 2.66. The van der Waals surface area contributed by atoms with Crippen LogP contribution in [0.1, 0.15) is 12.6 Å². The van der Waals surface area contributed by atoms with Crippen LogP contribution in [0.5, 0.6) is 5.75 Å². The number of carbonyl (C=O) groups excluding carboxylic acids is 1. The normalized spacial score (nSPS) is 17.8. The highest BCUT2D eigenvalue weighted by Crippen LogP contribution is 2.29. The summed E-state index contributed by atoms with van der Waals surface area (Å²) < 4.78 is 6.08. The molecule has 2 heterocycles. The summed E-state index contributed by atoms with van der Waals surface area (Å²) in [5, 5.41) is 12.6. The van der Waals surface area contributed by atoms with Crippen molar-refractivity contribution in [1.29, 1.82) is 0 Å². The second kappa shape index (κ2) is 8.98. The van der Waals surface area contributed by atoms with E-state index in [4.69, 9.17) is 16.3 Å². The van der Waals surface area contributed by atoms with Gasteiger partial charge in [-0.15, -0.1) is 0 Å². The van der Waals surface area contributed by atoms with Gasteiger partial charge >= 0.3 is 6.03 Å². The number of rotatable bonds is 5. The van der Waals surface area contributed by atoms with Crippen LogP contribution in [0.25, 0.3) is 0 Å². The minimum absolute atomic E-state index is 0.0921. The molecule has 9 heteroatoms. The maximum absolute atomic E-state index is 12.3.